The van der Waals surface area contributed by atoms with Gasteiger partial charge in [-0.15, -0.1) is 0 Å². The summed E-state index contributed by atoms with van der Waals surface area (Å²) in [5.74, 6) is 0.704. The zero-order valence-electron chi connectivity index (χ0n) is 18.6. The highest BCUT2D eigenvalue weighted by molar-refractivity contribution is 6.08. The van der Waals surface area contributed by atoms with Crippen LogP contribution in [0.25, 0.3) is 22.1 Å². The summed E-state index contributed by atoms with van der Waals surface area (Å²) in [4.78, 5) is 7.32. The molecule has 0 amide bonds. The average molecular weight is 391 g/mol. The first-order valence-electron chi connectivity index (χ1n) is 11.4. The minimum absolute atomic E-state index is 0.116. The fourth-order valence-electron chi connectivity index (χ4n) is 6.40. The van der Waals surface area contributed by atoms with Gasteiger partial charge in [-0.25, -0.2) is 4.98 Å². The Kier molecular flexibility index (Phi) is 4.24. The van der Waals surface area contributed by atoms with Crippen LogP contribution < -0.4 is 4.90 Å². The molecule has 1 spiro atoms. The van der Waals surface area contributed by atoms with E-state index in [0.29, 0.717) is 11.3 Å². The molecule has 3 aromatic rings. The second kappa shape index (κ2) is 6.48. The molecule has 0 radical (unpaired) electrons. The third-order valence-corrected chi connectivity index (χ3v) is 7.96. The standard InChI is InChI=1S/C26H34N2O/c1-17-9-11-20-21-12-10-19(3)27-24(21)29-23(20)22(17)28-15-18(2)26(16-25(28,4)5)13-7-6-8-14-26/h9-12,18H,6-8,13-16H2,1-5H3/t18-/m0/s1. The van der Waals surface area contributed by atoms with Gasteiger partial charge in [0.1, 0.15) is 0 Å². The molecule has 0 unspecified atom stereocenters. The van der Waals surface area contributed by atoms with Gasteiger partial charge in [0.15, 0.2) is 5.58 Å². The molecular formula is C26H34N2O. The first-order chi connectivity index (χ1) is 13.8. The molecule has 2 aliphatic rings. The lowest BCUT2D eigenvalue weighted by molar-refractivity contribution is 0.0402. The molecule has 1 saturated heterocycles. The van der Waals surface area contributed by atoms with Gasteiger partial charge in [0.25, 0.3) is 0 Å². The molecule has 1 saturated carbocycles. The number of hydrogen-bond donors (Lipinski definition) is 0. The van der Waals surface area contributed by atoms with Crippen LogP contribution in [0.1, 0.15) is 70.6 Å². The second-order valence-electron chi connectivity index (χ2n) is 10.4. The SMILES string of the molecule is Cc1ccc2c(n1)oc1c(N3C[C@H](C)C4(CCCCC4)CC3(C)C)c(C)ccc12. The lowest BCUT2D eigenvalue weighted by atomic mass is 9.58. The van der Waals surface area contributed by atoms with Crippen molar-refractivity contribution < 1.29 is 4.42 Å². The quantitative estimate of drug-likeness (QED) is 0.441. The van der Waals surface area contributed by atoms with E-state index in [0.717, 1.165) is 28.9 Å². The fourth-order valence-corrected chi connectivity index (χ4v) is 6.40. The summed E-state index contributed by atoms with van der Waals surface area (Å²) in [5, 5.41) is 2.31. The summed E-state index contributed by atoms with van der Waals surface area (Å²) in [5.41, 5.74) is 5.99. The largest absolute Gasteiger partial charge is 0.436 e. The lowest BCUT2D eigenvalue weighted by Crippen LogP contribution is -2.58. The molecule has 3 nitrogen and oxygen atoms in total. The minimum atomic E-state index is 0.116. The van der Waals surface area contributed by atoms with E-state index in [1.165, 1.54) is 55.2 Å². The number of piperidine rings is 1. The minimum Gasteiger partial charge on any atom is -0.436 e. The number of pyridine rings is 1. The molecule has 1 aromatic carbocycles. The van der Waals surface area contributed by atoms with E-state index < -0.39 is 0 Å². The maximum absolute atomic E-state index is 6.41. The average Bonchev–Trinajstić information content (AvgIpc) is 3.03. The number of aryl methyl sites for hydroxylation is 2. The van der Waals surface area contributed by atoms with Crippen molar-refractivity contribution in [3.63, 3.8) is 0 Å². The lowest BCUT2D eigenvalue weighted by Gasteiger charge is -2.57. The summed E-state index contributed by atoms with van der Waals surface area (Å²) in [6.07, 6.45) is 8.31. The van der Waals surface area contributed by atoms with Crippen molar-refractivity contribution in [3.05, 3.63) is 35.5 Å². The van der Waals surface area contributed by atoms with Gasteiger partial charge in [0.2, 0.25) is 5.71 Å². The number of benzene rings is 1. The summed E-state index contributed by atoms with van der Waals surface area (Å²) in [7, 11) is 0. The Morgan fingerprint density at radius 2 is 1.72 bits per heavy atom. The van der Waals surface area contributed by atoms with Crippen LogP contribution in [-0.4, -0.2) is 17.1 Å². The summed E-state index contributed by atoms with van der Waals surface area (Å²) in [6, 6.07) is 8.71. The van der Waals surface area contributed by atoms with E-state index in [-0.39, 0.29) is 5.54 Å². The molecule has 1 aliphatic carbocycles. The van der Waals surface area contributed by atoms with Crippen molar-refractivity contribution in [1.82, 2.24) is 4.98 Å². The maximum Gasteiger partial charge on any atom is 0.227 e. The van der Waals surface area contributed by atoms with Crippen molar-refractivity contribution in [2.75, 3.05) is 11.4 Å². The highest BCUT2D eigenvalue weighted by Gasteiger charge is 2.49. The molecule has 0 N–H and O–H groups in total. The molecule has 3 heteroatoms. The molecule has 154 valence electrons. The van der Waals surface area contributed by atoms with Gasteiger partial charge in [0, 0.05) is 28.6 Å². The number of furan rings is 1. The van der Waals surface area contributed by atoms with Gasteiger partial charge in [-0.2, -0.15) is 0 Å². The van der Waals surface area contributed by atoms with E-state index in [1.54, 1.807) is 0 Å². The van der Waals surface area contributed by atoms with Crippen LogP contribution in [0.15, 0.2) is 28.7 Å². The Bertz CT molecular complexity index is 1070. The smallest absolute Gasteiger partial charge is 0.227 e. The predicted octanol–water partition coefficient (Wildman–Crippen LogP) is 7.17. The Morgan fingerprint density at radius 3 is 2.48 bits per heavy atom. The van der Waals surface area contributed by atoms with Crippen molar-refractivity contribution in [2.45, 2.75) is 78.7 Å². The van der Waals surface area contributed by atoms with Gasteiger partial charge in [-0.3, -0.25) is 0 Å². The Hall–Kier alpha value is -2.03. The van der Waals surface area contributed by atoms with Crippen LogP contribution in [0.5, 0.6) is 0 Å². The third-order valence-electron chi connectivity index (χ3n) is 7.96. The number of rotatable bonds is 1. The molecule has 29 heavy (non-hydrogen) atoms. The molecular weight excluding hydrogens is 356 g/mol. The Labute approximate surface area is 174 Å². The molecule has 3 heterocycles. The molecule has 0 bridgehead atoms. The molecule has 1 atom stereocenters. The van der Waals surface area contributed by atoms with Crippen LogP contribution >= 0.6 is 0 Å². The molecule has 5 rings (SSSR count). The van der Waals surface area contributed by atoms with E-state index in [2.05, 4.69) is 61.8 Å². The van der Waals surface area contributed by atoms with Crippen molar-refractivity contribution >= 4 is 27.8 Å². The van der Waals surface area contributed by atoms with E-state index in [9.17, 15) is 0 Å². The number of aromatic nitrogens is 1. The Balaban J connectivity index is 1.65. The normalized spacial score (nSPS) is 23.9. The number of hydrogen-bond acceptors (Lipinski definition) is 3. The topological polar surface area (TPSA) is 29.3 Å². The Morgan fingerprint density at radius 1 is 1.00 bits per heavy atom. The first kappa shape index (κ1) is 19.0. The number of nitrogens with zero attached hydrogens (tertiary/aromatic N) is 2. The fraction of sp³-hybridized carbons (Fsp3) is 0.577. The van der Waals surface area contributed by atoms with Crippen LogP contribution in [0.4, 0.5) is 5.69 Å². The zero-order valence-corrected chi connectivity index (χ0v) is 18.6. The zero-order chi connectivity index (χ0) is 20.4. The van der Waals surface area contributed by atoms with Crippen LogP contribution in [0.3, 0.4) is 0 Å². The van der Waals surface area contributed by atoms with Gasteiger partial charge < -0.3 is 9.32 Å². The van der Waals surface area contributed by atoms with Gasteiger partial charge in [-0.1, -0.05) is 38.3 Å². The van der Waals surface area contributed by atoms with Gasteiger partial charge >= 0.3 is 0 Å². The highest BCUT2D eigenvalue weighted by Crippen LogP contribution is 2.54. The van der Waals surface area contributed by atoms with Crippen LogP contribution in [0, 0.1) is 25.2 Å². The van der Waals surface area contributed by atoms with E-state index in [1.807, 2.05) is 6.92 Å². The maximum atomic E-state index is 6.41. The van der Waals surface area contributed by atoms with E-state index >= 15 is 0 Å². The van der Waals surface area contributed by atoms with E-state index in [4.69, 9.17) is 4.42 Å². The van der Waals surface area contributed by atoms with Crippen molar-refractivity contribution in [3.8, 4) is 0 Å². The number of fused-ring (bicyclic) bond motifs is 3. The van der Waals surface area contributed by atoms with Crippen LogP contribution in [-0.2, 0) is 0 Å². The molecule has 2 aromatic heterocycles. The number of anilines is 1. The van der Waals surface area contributed by atoms with Crippen molar-refractivity contribution in [2.24, 2.45) is 11.3 Å². The predicted molar refractivity (Wildman–Crippen MR) is 122 cm³/mol. The molecule has 1 aliphatic heterocycles. The monoisotopic (exact) mass is 390 g/mol. The van der Waals surface area contributed by atoms with Crippen molar-refractivity contribution in [1.29, 1.82) is 0 Å². The molecule has 2 fully saturated rings. The summed E-state index contributed by atoms with van der Waals surface area (Å²) in [6.45, 7) is 12.7. The summed E-state index contributed by atoms with van der Waals surface area (Å²) < 4.78 is 6.41. The highest BCUT2D eigenvalue weighted by atomic mass is 16.3. The third kappa shape index (κ3) is 2.88. The van der Waals surface area contributed by atoms with Crippen LogP contribution in [0.2, 0.25) is 0 Å². The first-order valence-corrected chi connectivity index (χ1v) is 11.4. The second-order valence-corrected chi connectivity index (χ2v) is 10.4. The summed E-state index contributed by atoms with van der Waals surface area (Å²) >= 11 is 0. The van der Waals surface area contributed by atoms with Gasteiger partial charge in [-0.05, 0) is 76.0 Å². The van der Waals surface area contributed by atoms with Gasteiger partial charge in [0.05, 0.1) is 5.69 Å².